The van der Waals surface area contributed by atoms with E-state index in [-0.39, 0.29) is 6.54 Å². The summed E-state index contributed by atoms with van der Waals surface area (Å²) < 4.78 is 6.35. The molecule has 0 aliphatic rings. The van der Waals surface area contributed by atoms with E-state index in [0.717, 1.165) is 0 Å². The lowest BCUT2D eigenvalue weighted by Gasteiger charge is -1.80. The fraction of sp³-hybridized carbons (Fsp3) is 0.200. The third kappa shape index (κ3) is 4.70. The van der Waals surface area contributed by atoms with Crippen LogP contribution in [0.5, 0.6) is 0 Å². The molecule has 0 atom stereocenters. The molecule has 0 aromatic rings. The highest BCUT2D eigenvalue weighted by atomic mass is 16.1. The lowest BCUT2D eigenvalue weighted by molar-refractivity contribution is -0.109. The molecule has 0 saturated carbocycles. The summed E-state index contributed by atoms with van der Waals surface area (Å²) >= 11 is 0. The second kappa shape index (κ2) is 5.70. The normalized spacial score (nSPS) is 7.75. The van der Waals surface area contributed by atoms with Gasteiger partial charge in [0.25, 0.3) is 0 Å². The zero-order valence-corrected chi connectivity index (χ0v) is 4.27. The summed E-state index contributed by atoms with van der Waals surface area (Å²) in [4.78, 5) is 13.1. The molecule has 0 aliphatic heterocycles. The van der Waals surface area contributed by atoms with Crippen LogP contribution >= 0.6 is 0 Å². The Kier molecular flexibility index (Phi) is 3.46. The third-order valence-electron chi connectivity index (χ3n) is 0.407. The summed E-state index contributed by atoms with van der Waals surface area (Å²) in [5, 5.41) is 2.15. The van der Waals surface area contributed by atoms with Crippen molar-refractivity contribution in [2.24, 2.45) is 4.99 Å². The number of carbonyl (C=O) groups is 1. The van der Waals surface area contributed by atoms with E-state index in [9.17, 15) is 4.79 Å². The average Bonchev–Trinajstić information content (AvgIpc) is 1.80. The second-order valence-electron chi connectivity index (χ2n) is 0.902. The van der Waals surface area contributed by atoms with Gasteiger partial charge in [-0.2, -0.15) is 0 Å². The Bertz CT molecular complexity index is 168. The molecule has 1 N–H and O–H groups in total. The summed E-state index contributed by atoms with van der Waals surface area (Å²) in [5.41, 5.74) is 0. The Balaban J connectivity index is 3.29. The van der Waals surface area contributed by atoms with E-state index < -0.39 is 6.39 Å². The van der Waals surface area contributed by atoms with Crippen LogP contribution in [0.2, 0.25) is 0 Å². The Morgan fingerprint density at radius 1 is 2.12 bits per heavy atom. The molecule has 1 amide bonds. The van der Waals surface area contributed by atoms with Crippen LogP contribution in [-0.2, 0) is 4.79 Å². The first kappa shape index (κ1) is 4.85. The van der Waals surface area contributed by atoms with Crippen molar-refractivity contribution >= 4 is 13.1 Å². The SMILES string of the molecule is [2H]C(=O)NCC#CN=C. The molecule has 0 aromatic heterocycles. The van der Waals surface area contributed by atoms with Gasteiger partial charge >= 0.3 is 0 Å². The number of rotatable bonds is 1. The van der Waals surface area contributed by atoms with Gasteiger partial charge in [0.05, 0.1) is 6.54 Å². The Hall–Kier alpha value is -1.30. The van der Waals surface area contributed by atoms with Gasteiger partial charge in [-0.25, -0.2) is 4.99 Å². The van der Waals surface area contributed by atoms with E-state index >= 15 is 0 Å². The van der Waals surface area contributed by atoms with Crippen molar-refractivity contribution in [2.45, 2.75) is 0 Å². The molecule has 3 nitrogen and oxygen atoms in total. The molecular formula is C5H6N2O. The van der Waals surface area contributed by atoms with E-state index in [2.05, 4.69) is 29.0 Å². The standard InChI is InChI=1S/C5H6N2O/c1-6-3-2-4-7-5-8/h5H,1,4H2,(H,7,8)/i5D. The largest absolute Gasteiger partial charge is 0.348 e. The number of hydrogen-bond acceptors (Lipinski definition) is 2. The van der Waals surface area contributed by atoms with Crippen LogP contribution in [0.25, 0.3) is 0 Å². The van der Waals surface area contributed by atoms with Crippen LogP contribution in [-0.4, -0.2) is 19.6 Å². The molecule has 0 saturated heterocycles. The van der Waals surface area contributed by atoms with E-state index in [4.69, 9.17) is 1.37 Å². The monoisotopic (exact) mass is 111 g/mol. The van der Waals surface area contributed by atoms with Crippen LogP contribution in [0.1, 0.15) is 1.37 Å². The smallest absolute Gasteiger partial charge is 0.207 e. The quantitative estimate of drug-likeness (QED) is 0.274. The molecule has 42 valence electrons. The van der Waals surface area contributed by atoms with Crippen molar-refractivity contribution in [1.29, 1.82) is 0 Å². The zero-order chi connectivity index (χ0) is 7.11. The highest BCUT2D eigenvalue weighted by Gasteiger charge is 1.66. The van der Waals surface area contributed by atoms with Gasteiger partial charge in [0, 0.05) is 12.8 Å². The van der Waals surface area contributed by atoms with Gasteiger partial charge in [0.2, 0.25) is 6.39 Å². The van der Waals surface area contributed by atoms with E-state index in [1.54, 1.807) is 0 Å². The first-order chi connectivity index (χ1) is 4.27. The molecule has 8 heavy (non-hydrogen) atoms. The van der Waals surface area contributed by atoms with Crippen LogP contribution in [0, 0.1) is 12.0 Å². The van der Waals surface area contributed by atoms with Gasteiger partial charge in [-0.05, 0) is 0 Å². The van der Waals surface area contributed by atoms with Crippen LogP contribution in [0.15, 0.2) is 4.99 Å². The predicted molar refractivity (Wildman–Crippen MR) is 31.4 cm³/mol. The van der Waals surface area contributed by atoms with E-state index in [1.807, 2.05) is 0 Å². The maximum atomic E-state index is 9.85. The summed E-state index contributed by atoms with van der Waals surface area (Å²) in [6.45, 7) is 3.25. The highest BCUT2D eigenvalue weighted by molar-refractivity contribution is 5.46. The fourth-order valence-electron chi connectivity index (χ4n) is 0.176. The van der Waals surface area contributed by atoms with Gasteiger partial charge in [-0.15, -0.1) is 0 Å². The molecule has 0 fully saturated rings. The van der Waals surface area contributed by atoms with Crippen molar-refractivity contribution < 1.29 is 6.17 Å². The van der Waals surface area contributed by atoms with E-state index in [1.165, 1.54) is 0 Å². The number of aliphatic imine (C=N–C) groups is 1. The summed E-state index contributed by atoms with van der Waals surface area (Å²) in [5.74, 6) is 2.44. The Morgan fingerprint density at radius 3 is 3.38 bits per heavy atom. The molecule has 3 heteroatoms. The molecule has 0 heterocycles. The van der Waals surface area contributed by atoms with Gasteiger partial charge in [0.15, 0.2) is 0 Å². The number of nitrogens with one attached hydrogen (secondary N) is 1. The minimum Gasteiger partial charge on any atom is -0.348 e. The van der Waals surface area contributed by atoms with Crippen LogP contribution in [0.4, 0.5) is 0 Å². The minimum absolute atomic E-state index is 0.154. The maximum Gasteiger partial charge on any atom is 0.207 e. The van der Waals surface area contributed by atoms with Crippen LogP contribution < -0.4 is 5.32 Å². The van der Waals surface area contributed by atoms with Crippen molar-refractivity contribution in [3.8, 4) is 12.0 Å². The lowest BCUT2D eigenvalue weighted by Crippen LogP contribution is -2.09. The highest BCUT2D eigenvalue weighted by Crippen LogP contribution is 1.52. The maximum absolute atomic E-state index is 9.85. The summed E-state index contributed by atoms with van der Waals surface area (Å²) in [6, 6.07) is 2.27. The minimum atomic E-state index is -0.839. The number of carbonyl (C=O) groups excluding carboxylic acids is 1. The number of nitrogens with zero attached hydrogens (tertiary/aromatic N) is 1. The van der Waals surface area contributed by atoms with Gasteiger partial charge < -0.3 is 5.32 Å². The van der Waals surface area contributed by atoms with Crippen molar-refractivity contribution in [2.75, 3.05) is 6.54 Å². The van der Waals surface area contributed by atoms with Crippen molar-refractivity contribution in [3.63, 3.8) is 0 Å². The van der Waals surface area contributed by atoms with Crippen molar-refractivity contribution in [3.05, 3.63) is 0 Å². The van der Waals surface area contributed by atoms with E-state index in [0.29, 0.717) is 0 Å². The average molecular weight is 111 g/mol. The topological polar surface area (TPSA) is 41.5 Å². The number of amides is 1. The summed E-state index contributed by atoms with van der Waals surface area (Å²) in [6.07, 6.45) is -0.839. The molecule has 0 aromatic carbocycles. The molecule has 0 bridgehead atoms. The molecular weight excluding hydrogens is 104 g/mol. The lowest BCUT2D eigenvalue weighted by atomic mass is 10.7. The number of hydrogen-bond donors (Lipinski definition) is 1. The third-order valence-corrected chi connectivity index (χ3v) is 0.407. The van der Waals surface area contributed by atoms with Gasteiger partial charge in [-0.1, -0.05) is 5.92 Å². The van der Waals surface area contributed by atoms with Crippen LogP contribution in [0.3, 0.4) is 0 Å². The Morgan fingerprint density at radius 2 is 2.88 bits per heavy atom. The Labute approximate surface area is 49.2 Å². The zero-order valence-electron chi connectivity index (χ0n) is 5.27. The molecule has 0 spiro atoms. The van der Waals surface area contributed by atoms with Crippen molar-refractivity contribution in [1.82, 2.24) is 5.32 Å². The fourth-order valence-corrected chi connectivity index (χ4v) is 0.176. The first-order valence-corrected chi connectivity index (χ1v) is 1.95. The van der Waals surface area contributed by atoms with Gasteiger partial charge in [0.1, 0.15) is 1.37 Å². The second-order valence-corrected chi connectivity index (χ2v) is 0.902. The first-order valence-electron chi connectivity index (χ1n) is 2.45. The molecule has 0 rings (SSSR count). The molecule has 0 radical (unpaired) electrons. The molecule has 0 unspecified atom stereocenters. The predicted octanol–water partition coefficient (Wildman–Crippen LogP) is -0.606. The molecule has 0 aliphatic carbocycles. The van der Waals surface area contributed by atoms with Gasteiger partial charge in [-0.3, -0.25) is 4.79 Å². The summed E-state index contributed by atoms with van der Waals surface area (Å²) in [7, 11) is 0.